The maximum absolute atomic E-state index is 10.6. The second kappa shape index (κ2) is 11.2. The van der Waals surface area contributed by atoms with Gasteiger partial charge in [0.25, 0.3) is 5.79 Å². The van der Waals surface area contributed by atoms with Gasteiger partial charge in [0.2, 0.25) is 0 Å². The molecule has 0 amide bonds. The first kappa shape index (κ1) is 23.2. The number of benzene rings is 1. The number of rotatable bonds is 10. The largest absolute Gasteiger partial charge is 0.493 e. The Morgan fingerprint density at radius 1 is 1.38 bits per heavy atom. The van der Waals surface area contributed by atoms with Gasteiger partial charge in [0.05, 0.1) is 6.61 Å². The number of allylic oxidation sites excluding steroid dienone is 1. The molecule has 1 aliphatic carbocycles. The van der Waals surface area contributed by atoms with Crippen LogP contribution in [0.5, 0.6) is 5.75 Å². The number of carbonyl (C=O) groups is 1. The minimum Gasteiger partial charge on any atom is -0.493 e. The lowest BCUT2D eigenvalue weighted by Gasteiger charge is -2.19. The van der Waals surface area contributed by atoms with Gasteiger partial charge in [-0.2, -0.15) is 0 Å². The molecule has 1 fully saturated rings. The average Bonchev–Trinajstić information content (AvgIpc) is 3.12. The van der Waals surface area contributed by atoms with Gasteiger partial charge in [0.1, 0.15) is 11.9 Å². The monoisotopic (exact) mass is 422 g/mol. The maximum atomic E-state index is 10.6. The summed E-state index contributed by atoms with van der Waals surface area (Å²) in [4.78, 5) is 10.6. The van der Waals surface area contributed by atoms with Crippen molar-refractivity contribution in [2.45, 2.75) is 44.0 Å². The van der Waals surface area contributed by atoms with Crippen LogP contribution in [-0.2, 0) is 4.79 Å². The van der Waals surface area contributed by atoms with Gasteiger partial charge in [0.15, 0.2) is 0 Å². The zero-order valence-corrected chi connectivity index (χ0v) is 16.8. The number of halogens is 1. The van der Waals surface area contributed by atoms with Crippen molar-refractivity contribution in [3.05, 3.63) is 59.3 Å². The van der Waals surface area contributed by atoms with Crippen LogP contribution in [-0.4, -0.2) is 44.9 Å². The predicted octanol–water partition coefficient (Wildman–Crippen LogP) is 3.31. The van der Waals surface area contributed by atoms with E-state index in [1.807, 2.05) is 12.1 Å². The number of aliphatic carboxylic acids is 1. The van der Waals surface area contributed by atoms with Crippen LogP contribution in [0.1, 0.15) is 32.1 Å². The van der Waals surface area contributed by atoms with E-state index in [4.69, 9.17) is 21.4 Å². The van der Waals surface area contributed by atoms with Crippen LogP contribution < -0.4 is 4.74 Å². The summed E-state index contributed by atoms with van der Waals surface area (Å²) in [5.74, 6) is -3.50. The van der Waals surface area contributed by atoms with Crippen LogP contribution in [0.15, 0.2) is 54.3 Å². The molecule has 0 spiro atoms. The van der Waals surface area contributed by atoms with E-state index in [1.165, 1.54) is 0 Å². The molecule has 0 aliphatic heterocycles. The Morgan fingerprint density at radius 3 is 2.90 bits per heavy atom. The van der Waals surface area contributed by atoms with Gasteiger partial charge < -0.3 is 25.2 Å². The normalized spacial score (nSPS) is 20.3. The zero-order chi connectivity index (χ0) is 21.3. The molecule has 4 N–H and O–H groups in total. The van der Waals surface area contributed by atoms with Gasteiger partial charge in [-0.25, -0.2) is 4.79 Å². The molecule has 0 saturated heterocycles. The van der Waals surface area contributed by atoms with E-state index in [1.54, 1.807) is 18.2 Å². The van der Waals surface area contributed by atoms with Crippen molar-refractivity contribution in [1.82, 2.24) is 0 Å². The van der Waals surface area contributed by atoms with Crippen molar-refractivity contribution in [1.29, 1.82) is 0 Å². The van der Waals surface area contributed by atoms with Gasteiger partial charge >= 0.3 is 5.97 Å². The van der Waals surface area contributed by atoms with Crippen LogP contribution in [0.4, 0.5) is 0 Å². The summed E-state index contributed by atoms with van der Waals surface area (Å²) < 4.78 is 5.66. The number of hydrogen-bond donors (Lipinski definition) is 4. The number of carboxylic acids is 1. The second-order valence-corrected chi connectivity index (χ2v) is 7.56. The zero-order valence-electron chi connectivity index (χ0n) is 16.1. The van der Waals surface area contributed by atoms with Crippen molar-refractivity contribution in [3.63, 3.8) is 0 Å². The average molecular weight is 423 g/mol. The van der Waals surface area contributed by atoms with Crippen molar-refractivity contribution in [2.75, 3.05) is 6.61 Å². The summed E-state index contributed by atoms with van der Waals surface area (Å²) in [7, 11) is 0. The third-order valence-electron chi connectivity index (χ3n) is 4.97. The highest BCUT2D eigenvalue weighted by molar-refractivity contribution is 6.30. The van der Waals surface area contributed by atoms with Gasteiger partial charge in [-0.3, -0.25) is 0 Å². The van der Waals surface area contributed by atoms with Crippen molar-refractivity contribution in [3.8, 4) is 5.75 Å². The topological polar surface area (TPSA) is 107 Å². The maximum Gasteiger partial charge on any atom is 0.367 e. The predicted molar refractivity (Wildman–Crippen MR) is 110 cm³/mol. The van der Waals surface area contributed by atoms with Crippen molar-refractivity contribution < 1.29 is 30.0 Å². The SMILES string of the molecule is O=C(O)C(O)(O)C(O)C=C=CC[C@H]1CCC[C@@H]1/C=C/CCOc1cccc(Cl)c1. The summed E-state index contributed by atoms with van der Waals surface area (Å²) in [5, 5.41) is 37.3. The molecule has 2 rings (SSSR count). The highest BCUT2D eigenvalue weighted by Crippen LogP contribution is 2.35. The molecule has 1 aliphatic rings. The molecule has 6 nitrogen and oxygen atoms in total. The van der Waals surface area contributed by atoms with Gasteiger partial charge in [-0.15, -0.1) is 5.73 Å². The molecule has 1 aromatic carbocycles. The van der Waals surface area contributed by atoms with Gasteiger partial charge in [-0.1, -0.05) is 36.2 Å². The molecule has 3 atom stereocenters. The van der Waals surface area contributed by atoms with Crippen molar-refractivity contribution in [2.24, 2.45) is 11.8 Å². The van der Waals surface area contributed by atoms with E-state index in [9.17, 15) is 20.1 Å². The number of carboxylic acid groups (broad SMARTS) is 1. The summed E-state index contributed by atoms with van der Waals surface area (Å²) >= 11 is 5.92. The fraction of sp³-hybridized carbons (Fsp3) is 0.455. The van der Waals surface area contributed by atoms with E-state index in [0.29, 0.717) is 29.9 Å². The first-order valence-electron chi connectivity index (χ1n) is 9.63. The molecule has 1 saturated carbocycles. The molecule has 1 aromatic rings. The lowest BCUT2D eigenvalue weighted by Crippen LogP contribution is -2.48. The van der Waals surface area contributed by atoms with Gasteiger partial charge in [-0.05, 0) is 67.9 Å². The van der Waals surface area contributed by atoms with E-state index >= 15 is 0 Å². The third-order valence-corrected chi connectivity index (χ3v) is 5.21. The van der Waals surface area contributed by atoms with Crippen LogP contribution >= 0.6 is 11.6 Å². The molecule has 0 bridgehead atoms. The van der Waals surface area contributed by atoms with E-state index in [0.717, 1.165) is 37.5 Å². The Morgan fingerprint density at radius 2 is 2.17 bits per heavy atom. The highest BCUT2D eigenvalue weighted by atomic mass is 35.5. The highest BCUT2D eigenvalue weighted by Gasteiger charge is 2.40. The second-order valence-electron chi connectivity index (χ2n) is 7.13. The lowest BCUT2D eigenvalue weighted by molar-refractivity contribution is -0.227. The third kappa shape index (κ3) is 7.35. The Kier molecular flexibility index (Phi) is 8.96. The molecule has 0 heterocycles. The smallest absolute Gasteiger partial charge is 0.367 e. The molecule has 0 radical (unpaired) electrons. The fourth-order valence-corrected chi connectivity index (χ4v) is 3.49. The fourth-order valence-electron chi connectivity index (χ4n) is 3.31. The Balaban J connectivity index is 1.77. The van der Waals surface area contributed by atoms with E-state index in [2.05, 4.69) is 17.9 Å². The van der Waals surface area contributed by atoms with Crippen LogP contribution in [0.2, 0.25) is 5.02 Å². The van der Waals surface area contributed by atoms with Crippen molar-refractivity contribution >= 4 is 17.6 Å². The van der Waals surface area contributed by atoms with E-state index in [-0.39, 0.29) is 0 Å². The number of hydrogen-bond acceptors (Lipinski definition) is 5. The number of ether oxygens (including phenoxy) is 1. The Hall–Kier alpha value is -2.08. The van der Waals surface area contributed by atoms with Crippen LogP contribution in [0.25, 0.3) is 0 Å². The quantitative estimate of drug-likeness (QED) is 0.199. The molecule has 0 aromatic heterocycles. The van der Waals surface area contributed by atoms with Crippen LogP contribution in [0.3, 0.4) is 0 Å². The first-order valence-corrected chi connectivity index (χ1v) is 10.0. The van der Waals surface area contributed by atoms with Crippen LogP contribution in [0, 0.1) is 11.8 Å². The summed E-state index contributed by atoms with van der Waals surface area (Å²) in [5.41, 5.74) is 2.65. The summed E-state index contributed by atoms with van der Waals surface area (Å²) in [6.45, 7) is 0.572. The lowest BCUT2D eigenvalue weighted by atomic mass is 9.92. The van der Waals surface area contributed by atoms with E-state index < -0.39 is 17.9 Å². The molecular weight excluding hydrogens is 396 g/mol. The number of aliphatic hydroxyl groups excluding tert-OH is 1. The Labute approximate surface area is 175 Å². The molecule has 1 unspecified atom stereocenters. The summed E-state index contributed by atoms with van der Waals surface area (Å²) in [6, 6.07) is 7.30. The standard InChI is InChI=1S/C22H27ClO6/c23-18-11-6-12-19(15-18)29-14-4-3-8-17-10-5-9-16(17)7-1-2-13-20(24)22(27,28)21(25)26/h1,3,6,8,11-13,15-17,20,24,27-28H,4-5,7,9-10,14H2,(H,25,26)/b8-3+/t2?,16-,17-,20?/m0/s1. The molecule has 158 valence electrons. The first-order chi connectivity index (χ1) is 13.8. The minimum atomic E-state index is -3.22. The van der Waals surface area contributed by atoms with Gasteiger partial charge in [0, 0.05) is 5.02 Å². The molecule has 29 heavy (non-hydrogen) atoms. The molecular formula is C22H27ClO6. The molecule has 7 heteroatoms. The number of aliphatic hydroxyl groups is 3. The summed E-state index contributed by atoms with van der Waals surface area (Å²) in [6.07, 6.45) is 9.85. The Bertz CT molecular complexity index is 766. The minimum absolute atomic E-state index is 0.436.